The van der Waals surface area contributed by atoms with Crippen LogP contribution in [0, 0.1) is 5.92 Å². The SMILES string of the molecule is CC(C)C(NS(=O)(=O)c1cccc2ccccc12)P(=O)(O)CC(C(=O)O)c1cccc(CN)c1. The molecule has 3 rings (SSSR count). The lowest BCUT2D eigenvalue weighted by atomic mass is 9.99. The average molecular weight is 505 g/mol. The van der Waals surface area contributed by atoms with Gasteiger partial charge in [0, 0.05) is 18.1 Å². The molecule has 0 fully saturated rings. The van der Waals surface area contributed by atoms with E-state index in [0.717, 1.165) is 0 Å². The summed E-state index contributed by atoms with van der Waals surface area (Å²) in [6, 6.07) is 18.3. The number of carboxylic acid groups (broad SMARTS) is 1. The van der Waals surface area contributed by atoms with Crippen molar-refractivity contribution in [2.24, 2.45) is 11.7 Å². The molecule has 3 atom stereocenters. The molecule has 8 nitrogen and oxygen atoms in total. The van der Waals surface area contributed by atoms with Crippen molar-refractivity contribution in [1.29, 1.82) is 0 Å². The molecule has 0 saturated heterocycles. The first-order valence-electron chi connectivity index (χ1n) is 10.8. The Morgan fingerprint density at radius 1 is 1.06 bits per heavy atom. The highest BCUT2D eigenvalue weighted by atomic mass is 32.2. The van der Waals surface area contributed by atoms with Gasteiger partial charge >= 0.3 is 5.97 Å². The summed E-state index contributed by atoms with van der Waals surface area (Å²) in [5, 5.41) is 11.0. The summed E-state index contributed by atoms with van der Waals surface area (Å²) in [7, 11) is -8.53. The summed E-state index contributed by atoms with van der Waals surface area (Å²) < 4.78 is 42.5. The topological polar surface area (TPSA) is 147 Å². The Morgan fingerprint density at radius 3 is 2.35 bits per heavy atom. The van der Waals surface area contributed by atoms with Crippen molar-refractivity contribution in [3.05, 3.63) is 77.9 Å². The molecule has 3 unspecified atom stereocenters. The zero-order valence-corrected chi connectivity index (χ0v) is 20.7. The number of sulfonamides is 1. The van der Waals surface area contributed by atoms with Gasteiger partial charge in [-0.25, -0.2) is 8.42 Å². The zero-order valence-electron chi connectivity index (χ0n) is 19.0. The van der Waals surface area contributed by atoms with Crippen LogP contribution in [-0.2, 0) is 25.9 Å². The van der Waals surface area contributed by atoms with Crippen LogP contribution in [0.4, 0.5) is 0 Å². The molecular formula is C24H29N2O6PS. The van der Waals surface area contributed by atoms with Gasteiger partial charge in [0.25, 0.3) is 0 Å². The molecule has 0 aliphatic carbocycles. The average Bonchev–Trinajstić information content (AvgIpc) is 2.80. The minimum atomic E-state index is -4.34. The first-order chi connectivity index (χ1) is 16.0. The summed E-state index contributed by atoms with van der Waals surface area (Å²) in [4.78, 5) is 23.0. The molecule has 3 aromatic carbocycles. The van der Waals surface area contributed by atoms with Crippen LogP contribution in [0.5, 0.6) is 0 Å². The molecule has 0 bridgehead atoms. The van der Waals surface area contributed by atoms with E-state index in [1.165, 1.54) is 6.07 Å². The molecular weight excluding hydrogens is 475 g/mol. The van der Waals surface area contributed by atoms with Gasteiger partial charge in [0.05, 0.1) is 10.8 Å². The van der Waals surface area contributed by atoms with E-state index in [9.17, 15) is 27.8 Å². The number of nitrogens with two attached hydrogens (primary N) is 1. The van der Waals surface area contributed by atoms with Crippen molar-refractivity contribution >= 4 is 34.1 Å². The van der Waals surface area contributed by atoms with Crippen LogP contribution in [0.15, 0.2) is 71.6 Å². The summed E-state index contributed by atoms with van der Waals surface area (Å²) in [6.45, 7) is 3.42. The van der Waals surface area contributed by atoms with E-state index in [2.05, 4.69) is 4.72 Å². The van der Waals surface area contributed by atoms with Gasteiger partial charge in [-0.3, -0.25) is 9.36 Å². The monoisotopic (exact) mass is 504 g/mol. The molecule has 182 valence electrons. The quantitative estimate of drug-likeness (QED) is 0.308. The summed E-state index contributed by atoms with van der Waals surface area (Å²) in [5.41, 5.74) is 6.67. The zero-order chi connectivity index (χ0) is 25.1. The number of hydrogen-bond donors (Lipinski definition) is 4. The minimum Gasteiger partial charge on any atom is -0.481 e. The molecule has 0 saturated carbocycles. The molecule has 0 amide bonds. The molecule has 34 heavy (non-hydrogen) atoms. The van der Waals surface area contributed by atoms with Gasteiger partial charge in [-0.05, 0) is 28.5 Å². The third-order valence-corrected chi connectivity index (χ3v) is 9.87. The Morgan fingerprint density at radius 2 is 1.71 bits per heavy atom. The number of hydrogen-bond acceptors (Lipinski definition) is 5. The van der Waals surface area contributed by atoms with E-state index < -0.39 is 47.1 Å². The van der Waals surface area contributed by atoms with Gasteiger partial charge < -0.3 is 15.7 Å². The van der Waals surface area contributed by atoms with Crippen molar-refractivity contribution in [2.45, 2.75) is 37.0 Å². The molecule has 0 aromatic heterocycles. The molecule has 5 N–H and O–H groups in total. The van der Waals surface area contributed by atoms with Gasteiger partial charge in [0.15, 0.2) is 0 Å². The van der Waals surface area contributed by atoms with Crippen LogP contribution in [0.3, 0.4) is 0 Å². The van der Waals surface area contributed by atoms with Crippen LogP contribution in [0.1, 0.15) is 30.9 Å². The second-order valence-corrected chi connectivity index (χ2v) is 12.7. The van der Waals surface area contributed by atoms with Crippen molar-refractivity contribution < 1.29 is 27.8 Å². The first kappa shape index (κ1) is 26.1. The Kier molecular flexibility index (Phi) is 7.95. The Bertz CT molecular complexity index is 1340. The summed E-state index contributed by atoms with van der Waals surface area (Å²) >= 11 is 0. The Labute approximate surface area is 199 Å². The standard InChI is InChI=1S/C24H29N2O6PS/c1-16(2)23(26-34(31,32)22-12-6-9-18-8-3-4-11-20(18)22)33(29,30)15-21(24(27)28)19-10-5-7-17(13-19)14-25/h3-13,16,21,23,26H,14-15,25H2,1-2H3,(H,27,28)(H,29,30). The number of aliphatic carboxylic acids is 1. The number of carboxylic acids is 1. The van der Waals surface area contributed by atoms with Crippen LogP contribution in [-0.4, -0.2) is 36.3 Å². The van der Waals surface area contributed by atoms with E-state index in [4.69, 9.17) is 5.73 Å². The second kappa shape index (κ2) is 10.4. The predicted molar refractivity (Wildman–Crippen MR) is 132 cm³/mol. The van der Waals surface area contributed by atoms with E-state index in [0.29, 0.717) is 21.9 Å². The van der Waals surface area contributed by atoms with Crippen LogP contribution in [0.2, 0.25) is 0 Å². The smallest absolute Gasteiger partial charge is 0.311 e. The largest absolute Gasteiger partial charge is 0.481 e. The van der Waals surface area contributed by atoms with Crippen molar-refractivity contribution in [3.63, 3.8) is 0 Å². The van der Waals surface area contributed by atoms with E-state index in [1.807, 2.05) is 0 Å². The number of rotatable bonds is 10. The third-order valence-electron chi connectivity index (χ3n) is 5.71. The predicted octanol–water partition coefficient (Wildman–Crippen LogP) is 3.70. The lowest BCUT2D eigenvalue weighted by molar-refractivity contribution is -0.138. The maximum atomic E-state index is 13.5. The normalized spacial score (nSPS) is 15.7. The van der Waals surface area contributed by atoms with E-state index >= 15 is 0 Å². The number of nitrogens with one attached hydrogen (secondary N) is 1. The van der Waals surface area contributed by atoms with Crippen LogP contribution < -0.4 is 10.5 Å². The van der Waals surface area contributed by atoms with Crippen molar-refractivity contribution in [1.82, 2.24) is 4.72 Å². The fraction of sp³-hybridized carbons (Fsp3) is 0.292. The van der Waals surface area contributed by atoms with Gasteiger partial charge in [-0.15, -0.1) is 0 Å². The van der Waals surface area contributed by atoms with Gasteiger partial charge in [-0.1, -0.05) is 74.5 Å². The van der Waals surface area contributed by atoms with E-state index in [1.54, 1.807) is 74.5 Å². The van der Waals surface area contributed by atoms with Gasteiger partial charge in [0.2, 0.25) is 17.4 Å². The first-order valence-corrected chi connectivity index (χ1v) is 14.2. The Hall–Kier alpha value is -2.55. The summed E-state index contributed by atoms with van der Waals surface area (Å²) in [6.07, 6.45) is -0.628. The van der Waals surface area contributed by atoms with Crippen molar-refractivity contribution in [3.8, 4) is 0 Å². The van der Waals surface area contributed by atoms with E-state index in [-0.39, 0.29) is 11.4 Å². The molecule has 3 aromatic rings. The highest BCUT2D eigenvalue weighted by Crippen LogP contribution is 2.51. The second-order valence-electron chi connectivity index (χ2n) is 8.57. The van der Waals surface area contributed by atoms with Crippen molar-refractivity contribution in [2.75, 3.05) is 6.16 Å². The maximum Gasteiger partial charge on any atom is 0.311 e. The number of carbonyl (C=O) groups is 1. The lowest BCUT2D eigenvalue weighted by Crippen LogP contribution is -2.39. The lowest BCUT2D eigenvalue weighted by Gasteiger charge is -2.29. The van der Waals surface area contributed by atoms with Gasteiger partial charge in [-0.2, -0.15) is 4.72 Å². The summed E-state index contributed by atoms with van der Waals surface area (Å²) in [5.74, 6) is -4.53. The minimum absolute atomic E-state index is 0.0123. The fourth-order valence-corrected chi connectivity index (χ4v) is 8.55. The molecule has 10 heteroatoms. The molecule has 0 aliphatic heterocycles. The molecule has 0 heterocycles. The number of fused-ring (bicyclic) bond motifs is 1. The molecule has 0 aliphatic rings. The van der Waals surface area contributed by atoms with Crippen LogP contribution in [0.25, 0.3) is 10.8 Å². The third kappa shape index (κ3) is 5.74. The highest BCUT2D eigenvalue weighted by Gasteiger charge is 2.41. The molecule has 0 spiro atoms. The fourth-order valence-electron chi connectivity index (χ4n) is 3.97. The Balaban J connectivity index is 1.96. The highest BCUT2D eigenvalue weighted by molar-refractivity contribution is 7.90. The van der Waals surface area contributed by atoms with Crippen LogP contribution >= 0.6 is 7.37 Å². The maximum absolute atomic E-state index is 13.5. The molecule has 0 radical (unpaired) electrons. The van der Waals surface area contributed by atoms with Gasteiger partial charge in [0.1, 0.15) is 5.78 Å². The number of benzene rings is 3.